The van der Waals surface area contributed by atoms with E-state index in [9.17, 15) is 14.7 Å². The summed E-state index contributed by atoms with van der Waals surface area (Å²) in [6, 6.07) is 7.67. The summed E-state index contributed by atoms with van der Waals surface area (Å²) in [5.74, 6) is -1.24. The SMILES string of the molecule is Cc1c(-c2[nH][nH]c(=O)c2C(=O)O)c2ccccc2n1C. The molecule has 2 heterocycles. The highest BCUT2D eigenvalue weighted by atomic mass is 16.4. The Bertz CT molecular complexity index is 883. The smallest absolute Gasteiger partial charge is 0.343 e. The first-order valence-electron chi connectivity index (χ1n) is 6.10. The zero-order chi connectivity index (χ0) is 14.4. The Morgan fingerprint density at radius 1 is 1.25 bits per heavy atom. The van der Waals surface area contributed by atoms with Crippen molar-refractivity contribution < 1.29 is 9.90 Å². The fourth-order valence-electron chi connectivity index (χ4n) is 2.59. The summed E-state index contributed by atoms with van der Waals surface area (Å²) in [4.78, 5) is 22.9. The molecular weight excluding hydrogens is 258 g/mol. The van der Waals surface area contributed by atoms with Crippen LogP contribution in [0.5, 0.6) is 0 Å². The molecule has 0 saturated heterocycles. The average Bonchev–Trinajstić information content (AvgIpc) is 2.90. The lowest BCUT2D eigenvalue weighted by Crippen LogP contribution is -2.12. The monoisotopic (exact) mass is 271 g/mol. The zero-order valence-electron chi connectivity index (χ0n) is 11.0. The van der Waals surface area contributed by atoms with Gasteiger partial charge in [0.25, 0.3) is 5.56 Å². The lowest BCUT2D eigenvalue weighted by molar-refractivity contribution is 0.0696. The van der Waals surface area contributed by atoms with Crippen LogP contribution in [-0.4, -0.2) is 25.8 Å². The second kappa shape index (κ2) is 4.12. The van der Waals surface area contributed by atoms with E-state index in [0.29, 0.717) is 5.69 Å². The molecule has 0 aliphatic rings. The Hall–Kier alpha value is -2.76. The van der Waals surface area contributed by atoms with Crippen molar-refractivity contribution in [1.29, 1.82) is 0 Å². The van der Waals surface area contributed by atoms with E-state index in [2.05, 4.69) is 10.2 Å². The lowest BCUT2D eigenvalue weighted by atomic mass is 10.0. The molecule has 0 atom stereocenters. The number of hydrogen-bond donors (Lipinski definition) is 3. The first-order valence-corrected chi connectivity index (χ1v) is 6.10. The van der Waals surface area contributed by atoms with Crippen LogP contribution in [0.3, 0.4) is 0 Å². The molecule has 3 aromatic rings. The van der Waals surface area contributed by atoms with E-state index >= 15 is 0 Å². The number of carboxylic acid groups (broad SMARTS) is 1. The van der Waals surface area contributed by atoms with E-state index in [4.69, 9.17) is 0 Å². The van der Waals surface area contributed by atoms with Crippen molar-refractivity contribution in [3.8, 4) is 11.3 Å². The van der Waals surface area contributed by atoms with E-state index in [-0.39, 0.29) is 5.56 Å². The van der Waals surface area contributed by atoms with E-state index in [1.807, 2.05) is 42.8 Å². The maximum Gasteiger partial charge on any atom is 0.343 e. The van der Waals surface area contributed by atoms with Crippen molar-refractivity contribution >= 4 is 16.9 Å². The maximum absolute atomic E-state index is 11.6. The zero-order valence-corrected chi connectivity index (χ0v) is 11.0. The van der Waals surface area contributed by atoms with Gasteiger partial charge in [0.1, 0.15) is 0 Å². The average molecular weight is 271 g/mol. The number of aromatic nitrogens is 3. The normalized spacial score (nSPS) is 11.1. The second-order valence-corrected chi connectivity index (χ2v) is 4.67. The van der Waals surface area contributed by atoms with Gasteiger partial charge in [-0.2, -0.15) is 0 Å². The summed E-state index contributed by atoms with van der Waals surface area (Å²) >= 11 is 0. The first-order chi connectivity index (χ1) is 9.52. The highest BCUT2D eigenvalue weighted by Gasteiger charge is 2.23. The summed E-state index contributed by atoms with van der Waals surface area (Å²) < 4.78 is 1.97. The number of aromatic carboxylic acids is 1. The molecule has 0 bridgehead atoms. The van der Waals surface area contributed by atoms with Crippen LogP contribution in [0.25, 0.3) is 22.2 Å². The van der Waals surface area contributed by atoms with Gasteiger partial charge in [-0.1, -0.05) is 18.2 Å². The van der Waals surface area contributed by atoms with Gasteiger partial charge in [-0.15, -0.1) is 0 Å². The van der Waals surface area contributed by atoms with E-state index in [1.165, 1.54) is 0 Å². The van der Waals surface area contributed by atoms with Gasteiger partial charge in [0.05, 0.1) is 5.69 Å². The molecule has 20 heavy (non-hydrogen) atoms. The molecule has 0 radical (unpaired) electrons. The van der Waals surface area contributed by atoms with Crippen LogP contribution >= 0.6 is 0 Å². The lowest BCUT2D eigenvalue weighted by Gasteiger charge is -2.01. The molecule has 6 nitrogen and oxygen atoms in total. The third-order valence-corrected chi connectivity index (χ3v) is 3.64. The number of fused-ring (bicyclic) bond motifs is 1. The topological polar surface area (TPSA) is 90.9 Å². The molecule has 3 rings (SSSR count). The third kappa shape index (κ3) is 1.51. The Kier molecular flexibility index (Phi) is 2.53. The number of benzene rings is 1. The quantitative estimate of drug-likeness (QED) is 0.664. The maximum atomic E-state index is 11.6. The Labute approximate surface area is 113 Å². The fourth-order valence-corrected chi connectivity index (χ4v) is 2.59. The summed E-state index contributed by atoms with van der Waals surface area (Å²) in [5.41, 5.74) is 2.04. The predicted octanol–water partition coefficient (Wildman–Crippen LogP) is 1.87. The van der Waals surface area contributed by atoms with Crippen molar-refractivity contribution in [1.82, 2.24) is 14.8 Å². The number of hydrogen-bond acceptors (Lipinski definition) is 2. The van der Waals surface area contributed by atoms with Crippen LogP contribution in [0.4, 0.5) is 0 Å². The largest absolute Gasteiger partial charge is 0.477 e. The molecule has 6 heteroatoms. The van der Waals surface area contributed by atoms with E-state index in [1.54, 1.807) is 0 Å². The highest BCUT2D eigenvalue weighted by Crippen LogP contribution is 2.33. The van der Waals surface area contributed by atoms with Crippen molar-refractivity contribution in [2.75, 3.05) is 0 Å². The summed E-state index contributed by atoms with van der Waals surface area (Å²) in [6.45, 7) is 1.90. The summed E-state index contributed by atoms with van der Waals surface area (Å²) in [7, 11) is 1.91. The molecule has 0 amide bonds. The number of para-hydroxylation sites is 1. The molecular formula is C14H13N3O3. The minimum absolute atomic E-state index is 0.260. The van der Waals surface area contributed by atoms with Gasteiger partial charge in [0.15, 0.2) is 5.56 Å². The van der Waals surface area contributed by atoms with Crippen LogP contribution in [0.2, 0.25) is 0 Å². The molecule has 2 aromatic heterocycles. The van der Waals surface area contributed by atoms with Crippen LogP contribution in [0.1, 0.15) is 16.1 Å². The Morgan fingerprint density at radius 3 is 2.65 bits per heavy atom. The fraction of sp³-hybridized carbons (Fsp3) is 0.143. The van der Waals surface area contributed by atoms with Crippen molar-refractivity contribution in [2.24, 2.45) is 7.05 Å². The van der Waals surface area contributed by atoms with Gasteiger partial charge in [-0.05, 0) is 13.0 Å². The number of carboxylic acids is 1. The molecule has 3 N–H and O–H groups in total. The molecule has 102 valence electrons. The molecule has 0 unspecified atom stereocenters. The molecule has 0 fully saturated rings. The molecule has 1 aromatic carbocycles. The summed E-state index contributed by atoms with van der Waals surface area (Å²) in [6.07, 6.45) is 0. The Balaban J connectivity index is 2.45. The van der Waals surface area contributed by atoms with Crippen LogP contribution in [0.15, 0.2) is 29.1 Å². The number of nitrogens with zero attached hydrogens (tertiary/aromatic N) is 1. The third-order valence-electron chi connectivity index (χ3n) is 3.64. The minimum Gasteiger partial charge on any atom is -0.477 e. The number of carbonyl (C=O) groups is 1. The number of nitrogens with one attached hydrogen (secondary N) is 2. The number of rotatable bonds is 2. The van der Waals surface area contributed by atoms with Gasteiger partial charge in [-0.3, -0.25) is 15.0 Å². The van der Waals surface area contributed by atoms with Gasteiger partial charge >= 0.3 is 5.97 Å². The van der Waals surface area contributed by atoms with Crippen molar-refractivity contribution in [3.63, 3.8) is 0 Å². The second-order valence-electron chi connectivity index (χ2n) is 4.67. The van der Waals surface area contributed by atoms with Gasteiger partial charge < -0.3 is 9.67 Å². The van der Waals surface area contributed by atoms with Crippen molar-refractivity contribution in [3.05, 3.63) is 45.9 Å². The van der Waals surface area contributed by atoms with Crippen LogP contribution in [-0.2, 0) is 7.05 Å². The van der Waals surface area contributed by atoms with Crippen LogP contribution in [0, 0.1) is 6.92 Å². The number of aryl methyl sites for hydroxylation is 1. The molecule has 0 aliphatic heterocycles. The van der Waals surface area contributed by atoms with Gasteiger partial charge in [0.2, 0.25) is 0 Å². The Morgan fingerprint density at radius 2 is 1.95 bits per heavy atom. The number of H-pyrrole nitrogens is 2. The first kappa shape index (κ1) is 12.3. The molecule has 0 spiro atoms. The standard InChI is InChI=1S/C14H13N3O3/c1-7-10(8-5-3-4-6-9(8)17(7)2)12-11(14(19)20)13(18)16-15-12/h3-6H,1-2H3,(H,19,20)(H2,15,16,18). The van der Waals surface area contributed by atoms with Crippen LogP contribution < -0.4 is 5.56 Å². The van der Waals surface area contributed by atoms with Gasteiger partial charge in [-0.25, -0.2) is 4.79 Å². The minimum atomic E-state index is -1.24. The molecule has 0 saturated carbocycles. The predicted molar refractivity (Wildman–Crippen MR) is 75.0 cm³/mol. The summed E-state index contributed by atoms with van der Waals surface area (Å²) in [5, 5.41) is 15.2. The number of aromatic amines is 2. The van der Waals surface area contributed by atoms with Crippen molar-refractivity contribution in [2.45, 2.75) is 6.92 Å². The molecule has 0 aliphatic carbocycles. The highest BCUT2D eigenvalue weighted by molar-refractivity contribution is 6.03. The van der Waals surface area contributed by atoms with E-state index in [0.717, 1.165) is 22.2 Å². The van der Waals surface area contributed by atoms with Gasteiger partial charge in [0, 0.05) is 29.2 Å². The van der Waals surface area contributed by atoms with E-state index < -0.39 is 11.5 Å².